The highest BCUT2D eigenvalue weighted by Crippen LogP contribution is 2.07. The van der Waals surface area contributed by atoms with E-state index in [9.17, 15) is 5.11 Å². The molecule has 0 aliphatic carbocycles. The number of aliphatic hydroxyl groups is 3. The summed E-state index contributed by atoms with van der Waals surface area (Å²) >= 11 is 0. The first kappa shape index (κ1) is 19.5. The monoisotopic (exact) mass is 290 g/mol. The Bertz CT molecular complexity index is 404. The Balaban J connectivity index is 3.66. The third-order valence-corrected chi connectivity index (χ3v) is 2.82. The normalized spacial score (nSPS) is 12.9. The van der Waals surface area contributed by atoms with Crippen LogP contribution in [0.15, 0.2) is 24.8 Å². The van der Waals surface area contributed by atoms with Crippen LogP contribution in [-0.4, -0.2) is 34.1 Å². The molecule has 0 saturated heterocycles. The van der Waals surface area contributed by atoms with Crippen molar-refractivity contribution in [3.8, 4) is 23.7 Å². The first-order valence-corrected chi connectivity index (χ1v) is 7.48. The average molecular weight is 290 g/mol. The van der Waals surface area contributed by atoms with Gasteiger partial charge >= 0.3 is 0 Å². The van der Waals surface area contributed by atoms with Crippen LogP contribution in [0.25, 0.3) is 0 Å². The van der Waals surface area contributed by atoms with Gasteiger partial charge in [0.1, 0.15) is 12.2 Å². The lowest BCUT2D eigenvalue weighted by Crippen LogP contribution is -1.97. The summed E-state index contributed by atoms with van der Waals surface area (Å²) in [7, 11) is 0. The number of hydrogen-bond acceptors (Lipinski definition) is 3. The molecule has 2 atom stereocenters. The maximum atomic E-state index is 9.54. The number of unbranched alkanes of at least 4 members (excludes halogenated alkanes) is 6. The van der Waals surface area contributed by atoms with Gasteiger partial charge in [0.25, 0.3) is 0 Å². The second-order valence-corrected chi connectivity index (χ2v) is 4.73. The molecule has 0 fully saturated rings. The lowest BCUT2D eigenvalue weighted by atomic mass is 10.1. The Morgan fingerprint density at radius 3 is 2.05 bits per heavy atom. The highest BCUT2D eigenvalue weighted by molar-refractivity contribution is 5.31. The lowest BCUT2D eigenvalue weighted by Gasteiger charge is -1.99. The van der Waals surface area contributed by atoms with Crippen molar-refractivity contribution in [3.63, 3.8) is 0 Å². The van der Waals surface area contributed by atoms with E-state index >= 15 is 0 Å². The first-order valence-electron chi connectivity index (χ1n) is 7.48. The second-order valence-electron chi connectivity index (χ2n) is 4.73. The molecular weight excluding hydrogens is 264 g/mol. The molecule has 1 unspecified atom stereocenters. The molecule has 0 radical (unpaired) electrons. The molecule has 0 heterocycles. The molecule has 0 rings (SSSR count). The lowest BCUT2D eigenvalue weighted by molar-refractivity contribution is 0.280. The number of rotatable bonds is 10. The Hall–Kier alpha value is -1.52. The van der Waals surface area contributed by atoms with Crippen LogP contribution in [0, 0.1) is 23.7 Å². The fourth-order valence-electron chi connectivity index (χ4n) is 1.63. The van der Waals surface area contributed by atoms with E-state index in [1.165, 1.54) is 25.3 Å². The standard InChI is InChI=1S/C18H26O3/c1-2-17(20)13-10-11-15-18(21)14-9-7-5-3-4-6-8-12-16-19/h2,9,14,17-21H,1,3-8,12,16H2/b14-9-/t17?,18-/m0/s1. The van der Waals surface area contributed by atoms with Gasteiger partial charge in [0.15, 0.2) is 0 Å². The Morgan fingerprint density at radius 2 is 1.43 bits per heavy atom. The van der Waals surface area contributed by atoms with E-state index in [0.717, 1.165) is 25.7 Å². The van der Waals surface area contributed by atoms with E-state index < -0.39 is 12.2 Å². The van der Waals surface area contributed by atoms with Crippen molar-refractivity contribution in [1.29, 1.82) is 0 Å². The van der Waals surface area contributed by atoms with Crippen LogP contribution in [0.5, 0.6) is 0 Å². The smallest absolute Gasteiger partial charge is 0.134 e. The number of allylic oxidation sites excluding steroid dienone is 1. The molecular formula is C18H26O3. The molecule has 0 spiro atoms. The van der Waals surface area contributed by atoms with Crippen LogP contribution < -0.4 is 0 Å². The number of hydrogen-bond donors (Lipinski definition) is 3. The predicted octanol–water partition coefficient (Wildman–Crippen LogP) is 2.18. The van der Waals surface area contributed by atoms with Gasteiger partial charge in [0.05, 0.1) is 0 Å². The zero-order valence-electron chi connectivity index (χ0n) is 12.6. The van der Waals surface area contributed by atoms with Crippen LogP contribution in [-0.2, 0) is 0 Å². The van der Waals surface area contributed by atoms with Crippen LogP contribution in [0.2, 0.25) is 0 Å². The van der Waals surface area contributed by atoms with Gasteiger partial charge in [-0.15, -0.1) is 0 Å². The van der Waals surface area contributed by atoms with Crippen molar-refractivity contribution < 1.29 is 15.3 Å². The highest BCUT2D eigenvalue weighted by Gasteiger charge is 1.92. The van der Waals surface area contributed by atoms with Crippen molar-refractivity contribution in [2.75, 3.05) is 6.61 Å². The van der Waals surface area contributed by atoms with E-state index in [1.807, 2.05) is 6.08 Å². The average Bonchev–Trinajstić information content (AvgIpc) is 2.49. The third kappa shape index (κ3) is 14.7. The fourth-order valence-corrected chi connectivity index (χ4v) is 1.63. The van der Waals surface area contributed by atoms with Gasteiger partial charge in [0.2, 0.25) is 0 Å². The maximum Gasteiger partial charge on any atom is 0.134 e. The molecule has 0 saturated carbocycles. The van der Waals surface area contributed by atoms with Gasteiger partial charge in [0, 0.05) is 6.61 Å². The van der Waals surface area contributed by atoms with E-state index in [1.54, 1.807) is 6.08 Å². The van der Waals surface area contributed by atoms with Crippen molar-refractivity contribution in [2.45, 2.75) is 57.2 Å². The van der Waals surface area contributed by atoms with Crippen LogP contribution >= 0.6 is 0 Å². The Kier molecular flexibility index (Phi) is 13.8. The minimum absolute atomic E-state index is 0.290. The summed E-state index contributed by atoms with van der Waals surface area (Å²) in [5.41, 5.74) is 0. The molecule has 0 amide bonds. The summed E-state index contributed by atoms with van der Waals surface area (Å²) in [6.07, 6.45) is 10.8. The fraction of sp³-hybridized carbons (Fsp3) is 0.556. The van der Waals surface area contributed by atoms with Crippen molar-refractivity contribution >= 4 is 0 Å². The van der Waals surface area contributed by atoms with E-state index in [4.69, 9.17) is 10.2 Å². The van der Waals surface area contributed by atoms with Gasteiger partial charge in [-0.1, -0.05) is 56.3 Å². The molecule has 116 valence electrons. The zero-order valence-corrected chi connectivity index (χ0v) is 12.6. The van der Waals surface area contributed by atoms with Crippen molar-refractivity contribution in [3.05, 3.63) is 24.8 Å². The van der Waals surface area contributed by atoms with Crippen LogP contribution in [0.4, 0.5) is 0 Å². The topological polar surface area (TPSA) is 60.7 Å². The summed E-state index contributed by atoms with van der Waals surface area (Å²) in [6, 6.07) is 0. The van der Waals surface area contributed by atoms with Crippen LogP contribution in [0.3, 0.4) is 0 Å². The van der Waals surface area contributed by atoms with Gasteiger partial charge < -0.3 is 15.3 Å². The quantitative estimate of drug-likeness (QED) is 0.328. The SMILES string of the molecule is C=CC(O)C#CC#C[C@@H](O)/C=C\CCCCCCCCO. The summed E-state index contributed by atoms with van der Waals surface area (Å²) in [5.74, 6) is 9.97. The third-order valence-electron chi connectivity index (χ3n) is 2.82. The summed E-state index contributed by atoms with van der Waals surface area (Å²) in [6.45, 7) is 3.68. The molecule has 0 aliphatic rings. The van der Waals surface area contributed by atoms with Crippen molar-refractivity contribution in [1.82, 2.24) is 0 Å². The number of aliphatic hydroxyl groups excluding tert-OH is 3. The molecule has 21 heavy (non-hydrogen) atoms. The van der Waals surface area contributed by atoms with Crippen molar-refractivity contribution in [2.24, 2.45) is 0 Å². The molecule has 0 aromatic heterocycles. The van der Waals surface area contributed by atoms with Gasteiger partial charge in [-0.3, -0.25) is 0 Å². The molecule has 3 N–H and O–H groups in total. The van der Waals surface area contributed by atoms with Gasteiger partial charge in [-0.2, -0.15) is 0 Å². The highest BCUT2D eigenvalue weighted by atomic mass is 16.3. The maximum absolute atomic E-state index is 9.54. The molecule has 3 nitrogen and oxygen atoms in total. The summed E-state index contributed by atoms with van der Waals surface area (Å²) in [4.78, 5) is 0. The second kappa shape index (κ2) is 14.9. The van der Waals surface area contributed by atoms with Gasteiger partial charge in [-0.05, 0) is 37.2 Å². The molecule has 3 heteroatoms. The van der Waals surface area contributed by atoms with Crippen LogP contribution in [0.1, 0.15) is 44.9 Å². The van der Waals surface area contributed by atoms with E-state index in [2.05, 4.69) is 30.3 Å². The molecule has 0 aliphatic heterocycles. The van der Waals surface area contributed by atoms with E-state index in [-0.39, 0.29) is 0 Å². The largest absolute Gasteiger partial charge is 0.396 e. The Morgan fingerprint density at radius 1 is 0.857 bits per heavy atom. The van der Waals surface area contributed by atoms with E-state index in [0.29, 0.717) is 6.61 Å². The molecule has 0 bridgehead atoms. The molecule has 0 aromatic carbocycles. The minimum atomic E-state index is -0.871. The first-order chi connectivity index (χ1) is 10.2. The Labute approximate surface area is 128 Å². The minimum Gasteiger partial charge on any atom is -0.396 e. The van der Waals surface area contributed by atoms with Gasteiger partial charge in [-0.25, -0.2) is 0 Å². The zero-order chi connectivity index (χ0) is 15.8. The predicted molar refractivity (Wildman–Crippen MR) is 86.3 cm³/mol. The summed E-state index contributed by atoms with van der Waals surface area (Å²) < 4.78 is 0. The molecule has 0 aromatic rings. The summed E-state index contributed by atoms with van der Waals surface area (Å²) in [5, 5.41) is 27.2.